The summed E-state index contributed by atoms with van der Waals surface area (Å²) in [5.41, 5.74) is 1.25. The summed E-state index contributed by atoms with van der Waals surface area (Å²) in [5.74, 6) is 0. The van der Waals surface area contributed by atoms with Crippen LogP contribution in [0, 0.1) is 0 Å². The van der Waals surface area contributed by atoms with Crippen molar-refractivity contribution < 1.29 is 13.0 Å². The molecule has 0 aliphatic rings. The van der Waals surface area contributed by atoms with Gasteiger partial charge in [-0.3, -0.25) is 4.55 Å². The Labute approximate surface area is 164 Å². The molecule has 0 unspecified atom stereocenters. The van der Waals surface area contributed by atoms with Gasteiger partial charge in [0.2, 0.25) is 0 Å². The monoisotopic (exact) mass is 312 g/mol. The fourth-order valence-electron chi connectivity index (χ4n) is 1.97. The number of unbranched alkanes of at least 4 members (excludes halogenated alkanes) is 1. The van der Waals surface area contributed by atoms with E-state index in [9.17, 15) is 8.42 Å². The molecule has 0 aliphatic carbocycles. The van der Waals surface area contributed by atoms with Crippen LogP contribution in [-0.2, 0) is 16.5 Å². The van der Waals surface area contributed by atoms with Gasteiger partial charge in [-0.15, -0.1) is 0 Å². The van der Waals surface area contributed by atoms with Gasteiger partial charge in [0.1, 0.15) is 0 Å². The molecule has 0 amide bonds. The summed E-state index contributed by atoms with van der Waals surface area (Å²) in [6, 6.07) is 10.6. The van der Waals surface area contributed by atoms with E-state index < -0.39 is 10.1 Å². The molecule has 0 aliphatic heterocycles. The normalized spacial score (nSPS) is 10.7. The molecule has 1 N–H and O–H groups in total. The molecular formula is C14H18Na2O3S. The maximum absolute atomic E-state index is 11.0. The predicted molar refractivity (Wildman–Crippen MR) is 86.7 cm³/mol. The summed E-state index contributed by atoms with van der Waals surface area (Å²) in [6.45, 7) is 2.15. The number of rotatable bonds is 4. The van der Waals surface area contributed by atoms with Crippen molar-refractivity contribution in [1.82, 2.24) is 0 Å². The van der Waals surface area contributed by atoms with E-state index >= 15 is 0 Å². The topological polar surface area (TPSA) is 54.4 Å². The molecule has 0 atom stereocenters. The van der Waals surface area contributed by atoms with Gasteiger partial charge < -0.3 is 0 Å². The van der Waals surface area contributed by atoms with Gasteiger partial charge in [0, 0.05) is 0 Å². The Morgan fingerprint density at radius 1 is 1.00 bits per heavy atom. The molecule has 0 radical (unpaired) electrons. The molecule has 0 bridgehead atoms. The van der Waals surface area contributed by atoms with Crippen molar-refractivity contribution in [2.24, 2.45) is 0 Å². The molecule has 3 nitrogen and oxygen atoms in total. The molecule has 0 fully saturated rings. The van der Waals surface area contributed by atoms with Crippen LogP contribution >= 0.6 is 0 Å². The molecule has 0 heterocycles. The van der Waals surface area contributed by atoms with Crippen LogP contribution in [0.15, 0.2) is 41.3 Å². The molecule has 2 rings (SSSR count). The SMILES string of the molecule is CCCCc1ccc2cc(S(=O)(=O)O)ccc2c1.[NaH].[NaH]. The summed E-state index contributed by atoms with van der Waals surface area (Å²) in [6.07, 6.45) is 3.33. The average Bonchev–Trinajstić information content (AvgIpc) is 2.34. The number of benzene rings is 2. The Hall–Kier alpha value is 0.610. The molecule has 2 aromatic rings. The predicted octanol–water partition coefficient (Wildman–Crippen LogP) is 2.13. The number of fused-ring (bicyclic) bond motifs is 1. The minimum atomic E-state index is -4.12. The van der Waals surface area contributed by atoms with E-state index in [0.29, 0.717) is 0 Å². The second kappa shape index (κ2) is 8.91. The summed E-state index contributed by atoms with van der Waals surface area (Å²) < 4.78 is 31.1. The first-order valence-electron chi connectivity index (χ1n) is 6.01. The third-order valence-corrected chi connectivity index (χ3v) is 3.84. The molecule has 0 saturated carbocycles. The van der Waals surface area contributed by atoms with Gasteiger partial charge >= 0.3 is 59.1 Å². The van der Waals surface area contributed by atoms with Crippen molar-refractivity contribution in [2.75, 3.05) is 0 Å². The molecule has 6 heteroatoms. The van der Waals surface area contributed by atoms with Crippen LogP contribution in [0.4, 0.5) is 0 Å². The first kappa shape index (κ1) is 20.6. The van der Waals surface area contributed by atoms with E-state index in [1.54, 1.807) is 6.07 Å². The van der Waals surface area contributed by atoms with Gasteiger partial charge in [0.25, 0.3) is 10.1 Å². The van der Waals surface area contributed by atoms with E-state index in [1.807, 2.05) is 12.1 Å². The van der Waals surface area contributed by atoms with Gasteiger partial charge in [-0.2, -0.15) is 8.42 Å². The van der Waals surface area contributed by atoms with Crippen LogP contribution < -0.4 is 0 Å². The zero-order valence-corrected chi connectivity index (χ0v) is 11.1. The molecule has 0 aromatic heterocycles. The van der Waals surface area contributed by atoms with Crippen LogP contribution in [0.5, 0.6) is 0 Å². The summed E-state index contributed by atoms with van der Waals surface area (Å²) in [7, 11) is -4.12. The zero-order valence-electron chi connectivity index (χ0n) is 10.3. The Kier molecular flexibility index (Phi) is 9.18. The van der Waals surface area contributed by atoms with E-state index in [1.165, 1.54) is 17.7 Å². The molecule has 0 spiro atoms. The Bertz CT molecular complexity index is 669. The van der Waals surface area contributed by atoms with Crippen LogP contribution in [-0.4, -0.2) is 72.1 Å². The standard InChI is InChI=1S/C14H16O3S.2Na.2H/c1-2-3-4-11-5-6-13-10-14(18(15,16)17)8-7-12(13)9-11;;;;/h5-10H,2-4H2,1H3,(H,15,16,17);;;;. The van der Waals surface area contributed by atoms with Crippen molar-refractivity contribution in [3.8, 4) is 0 Å². The van der Waals surface area contributed by atoms with Crippen molar-refractivity contribution >= 4 is 80.0 Å². The van der Waals surface area contributed by atoms with Crippen molar-refractivity contribution in [2.45, 2.75) is 31.1 Å². The van der Waals surface area contributed by atoms with Gasteiger partial charge in [-0.05, 0) is 41.3 Å². The third-order valence-electron chi connectivity index (χ3n) is 2.99. The number of aryl methyl sites for hydroxylation is 1. The van der Waals surface area contributed by atoms with E-state index in [4.69, 9.17) is 4.55 Å². The van der Waals surface area contributed by atoms with Crippen LogP contribution in [0.2, 0.25) is 0 Å². The Morgan fingerprint density at radius 3 is 2.20 bits per heavy atom. The van der Waals surface area contributed by atoms with Gasteiger partial charge in [0.15, 0.2) is 0 Å². The quantitative estimate of drug-likeness (QED) is 0.695. The molecular weight excluding hydrogens is 294 g/mol. The van der Waals surface area contributed by atoms with E-state index in [-0.39, 0.29) is 64.0 Å². The van der Waals surface area contributed by atoms with E-state index in [0.717, 1.165) is 30.0 Å². The summed E-state index contributed by atoms with van der Waals surface area (Å²) >= 11 is 0. The number of hydrogen-bond acceptors (Lipinski definition) is 2. The zero-order chi connectivity index (χ0) is 13.2. The molecule has 0 saturated heterocycles. The average molecular weight is 312 g/mol. The van der Waals surface area contributed by atoms with Gasteiger partial charge in [-0.1, -0.05) is 37.6 Å². The first-order chi connectivity index (χ1) is 8.50. The van der Waals surface area contributed by atoms with Crippen molar-refractivity contribution in [3.63, 3.8) is 0 Å². The van der Waals surface area contributed by atoms with E-state index in [2.05, 4.69) is 13.0 Å². The molecule has 2 aromatic carbocycles. The Morgan fingerprint density at radius 2 is 1.60 bits per heavy atom. The summed E-state index contributed by atoms with van der Waals surface area (Å²) in [4.78, 5) is -0.0590. The maximum atomic E-state index is 11.0. The van der Waals surface area contributed by atoms with Crippen molar-refractivity contribution in [1.29, 1.82) is 0 Å². The van der Waals surface area contributed by atoms with Crippen LogP contribution in [0.3, 0.4) is 0 Å². The van der Waals surface area contributed by atoms with Crippen LogP contribution in [0.1, 0.15) is 25.3 Å². The van der Waals surface area contributed by atoms with Crippen LogP contribution in [0.25, 0.3) is 10.8 Å². The minimum absolute atomic E-state index is 0. The van der Waals surface area contributed by atoms with Gasteiger partial charge in [-0.25, -0.2) is 0 Å². The van der Waals surface area contributed by atoms with Gasteiger partial charge in [0.05, 0.1) is 4.90 Å². The fraction of sp³-hybridized carbons (Fsp3) is 0.286. The molecule has 100 valence electrons. The molecule has 20 heavy (non-hydrogen) atoms. The first-order valence-corrected chi connectivity index (χ1v) is 7.45. The van der Waals surface area contributed by atoms with Crippen molar-refractivity contribution in [3.05, 3.63) is 42.0 Å². The second-order valence-electron chi connectivity index (χ2n) is 4.42. The summed E-state index contributed by atoms with van der Waals surface area (Å²) in [5, 5.41) is 1.82. The Balaban J connectivity index is 0.00000180. The third kappa shape index (κ3) is 5.43. The fourth-order valence-corrected chi connectivity index (χ4v) is 2.49. The number of hydrogen-bond donors (Lipinski definition) is 1. The second-order valence-corrected chi connectivity index (χ2v) is 5.84.